The first-order valence-corrected chi connectivity index (χ1v) is 6.18. The summed E-state index contributed by atoms with van der Waals surface area (Å²) in [6.45, 7) is 0. The van der Waals surface area contributed by atoms with Crippen LogP contribution in [0.3, 0.4) is 0 Å². The van der Waals surface area contributed by atoms with Gasteiger partial charge in [0.15, 0.2) is 0 Å². The molecule has 0 N–H and O–H groups in total. The Morgan fingerprint density at radius 3 is 2.79 bits per heavy atom. The van der Waals surface area contributed by atoms with Crippen molar-refractivity contribution in [2.45, 2.75) is 11.3 Å². The second-order valence-corrected chi connectivity index (χ2v) is 5.24. The Labute approximate surface area is 103 Å². The van der Waals surface area contributed by atoms with Crippen LogP contribution in [-0.4, -0.2) is 0 Å². The fourth-order valence-electron chi connectivity index (χ4n) is 1.26. The van der Waals surface area contributed by atoms with E-state index in [2.05, 4.69) is 12.6 Å². The van der Waals surface area contributed by atoms with Crippen LogP contribution in [0, 0.1) is 3.57 Å². The van der Waals surface area contributed by atoms with Gasteiger partial charge in [-0.2, -0.15) is 0 Å². The molecule has 2 rings (SSSR count). The normalized spacial score (nSPS) is 11.5. The molecule has 1 aromatic heterocycles. The van der Waals surface area contributed by atoms with Crippen LogP contribution in [-0.2, 0) is 0 Å². The standard InChI is InChI=1S/C9H5F2IS2/c10-9(11)5-3-6(13)4-1-2-14-8(4)7(5)12/h1-3,9,13H. The van der Waals surface area contributed by atoms with Crippen molar-refractivity contribution in [1.29, 1.82) is 0 Å². The lowest BCUT2D eigenvalue weighted by atomic mass is 10.2. The lowest BCUT2D eigenvalue weighted by molar-refractivity contribution is 0.150. The SMILES string of the molecule is FC(F)c1cc(S)c2ccsc2c1I. The number of thiol groups is 1. The molecule has 5 heteroatoms. The predicted octanol–water partition coefficient (Wildman–Crippen LogP) is 4.73. The van der Waals surface area contributed by atoms with Gasteiger partial charge in [0, 0.05) is 24.1 Å². The van der Waals surface area contributed by atoms with E-state index in [1.165, 1.54) is 17.4 Å². The van der Waals surface area contributed by atoms with Gasteiger partial charge < -0.3 is 0 Å². The Balaban J connectivity index is 2.82. The highest BCUT2D eigenvalue weighted by molar-refractivity contribution is 14.1. The summed E-state index contributed by atoms with van der Waals surface area (Å²) < 4.78 is 26.8. The van der Waals surface area contributed by atoms with Gasteiger partial charge in [-0.1, -0.05) is 0 Å². The number of halogens is 3. The van der Waals surface area contributed by atoms with Gasteiger partial charge in [-0.05, 0) is 40.1 Å². The summed E-state index contributed by atoms with van der Waals surface area (Å²) in [6, 6.07) is 3.35. The molecule has 0 nitrogen and oxygen atoms in total. The van der Waals surface area contributed by atoms with Gasteiger partial charge in [-0.25, -0.2) is 8.78 Å². The molecule has 2 aromatic rings. The zero-order valence-corrected chi connectivity index (χ0v) is 10.7. The van der Waals surface area contributed by atoms with Crippen molar-refractivity contribution >= 4 is 56.6 Å². The van der Waals surface area contributed by atoms with Crippen LogP contribution in [0.5, 0.6) is 0 Å². The third kappa shape index (κ3) is 1.65. The number of rotatable bonds is 1. The average Bonchev–Trinajstić information content (AvgIpc) is 2.59. The van der Waals surface area contributed by atoms with Crippen molar-refractivity contribution in [1.82, 2.24) is 0 Å². The minimum atomic E-state index is -2.43. The molecule has 0 amide bonds. The van der Waals surface area contributed by atoms with Crippen molar-refractivity contribution in [3.63, 3.8) is 0 Å². The largest absolute Gasteiger partial charge is 0.264 e. The number of hydrogen-bond donors (Lipinski definition) is 1. The molecule has 0 spiro atoms. The van der Waals surface area contributed by atoms with Crippen LogP contribution >= 0.6 is 46.6 Å². The van der Waals surface area contributed by atoms with Crippen LogP contribution in [0.25, 0.3) is 10.1 Å². The molecule has 0 unspecified atom stereocenters. The van der Waals surface area contributed by atoms with Crippen LogP contribution in [0.4, 0.5) is 8.78 Å². The number of fused-ring (bicyclic) bond motifs is 1. The summed E-state index contributed by atoms with van der Waals surface area (Å²) >= 11 is 7.63. The number of benzene rings is 1. The molecule has 0 bridgehead atoms. The first-order valence-electron chi connectivity index (χ1n) is 3.78. The molecule has 0 saturated carbocycles. The van der Waals surface area contributed by atoms with Gasteiger partial charge in [-0.15, -0.1) is 24.0 Å². The molecule has 0 saturated heterocycles. The minimum absolute atomic E-state index is 0.0746. The molecule has 74 valence electrons. The van der Waals surface area contributed by atoms with Gasteiger partial charge in [0.2, 0.25) is 0 Å². The van der Waals surface area contributed by atoms with E-state index in [-0.39, 0.29) is 5.56 Å². The third-order valence-electron chi connectivity index (χ3n) is 1.92. The fraction of sp³-hybridized carbons (Fsp3) is 0.111. The quantitative estimate of drug-likeness (QED) is 0.562. The van der Waals surface area contributed by atoms with E-state index >= 15 is 0 Å². The number of hydrogen-bond acceptors (Lipinski definition) is 2. The van der Waals surface area contributed by atoms with E-state index in [1.807, 2.05) is 34.0 Å². The van der Waals surface area contributed by atoms with Crippen molar-refractivity contribution in [3.8, 4) is 0 Å². The Kier molecular flexibility index (Phi) is 2.99. The zero-order valence-electron chi connectivity index (χ0n) is 6.80. The molecule has 14 heavy (non-hydrogen) atoms. The van der Waals surface area contributed by atoms with Gasteiger partial charge in [-0.3, -0.25) is 0 Å². The van der Waals surface area contributed by atoms with Crippen LogP contribution in [0.1, 0.15) is 12.0 Å². The monoisotopic (exact) mass is 342 g/mol. The first-order chi connectivity index (χ1) is 6.61. The van der Waals surface area contributed by atoms with Crippen molar-refractivity contribution < 1.29 is 8.78 Å². The second-order valence-electron chi connectivity index (χ2n) is 2.76. The zero-order chi connectivity index (χ0) is 10.3. The highest BCUT2D eigenvalue weighted by Gasteiger charge is 2.16. The van der Waals surface area contributed by atoms with E-state index < -0.39 is 6.43 Å². The summed E-state index contributed by atoms with van der Waals surface area (Å²) in [5, 5.41) is 2.84. The maximum Gasteiger partial charge on any atom is 0.264 e. The Hall–Kier alpha value is 0.120. The molecule has 1 heterocycles. The summed E-state index contributed by atoms with van der Waals surface area (Å²) in [6.07, 6.45) is -2.43. The fourth-order valence-corrected chi connectivity index (χ4v) is 3.59. The van der Waals surface area contributed by atoms with Crippen LogP contribution in [0.2, 0.25) is 0 Å². The van der Waals surface area contributed by atoms with E-state index in [9.17, 15) is 8.78 Å². The van der Waals surface area contributed by atoms with E-state index in [0.29, 0.717) is 8.47 Å². The Bertz CT molecular complexity index is 479. The predicted molar refractivity (Wildman–Crippen MR) is 66.8 cm³/mol. The molecule has 0 aliphatic heterocycles. The van der Waals surface area contributed by atoms with Crippen LogP contribution < -0.4 is 0 Å². The summed E-state index contributed by atoms with van der Waals surface area (Å²) in [5.74, 6) is 0. The summed E-state index contributed by atoms with van der Waals surface area (Å²) in [5.41, 5.74) is 0.0746. The van der Waals surface area contributed by atoms with Gasteiger partial charge in [0.25, 0.3) is 6.43 Å². The molecular weight excluding hydrogens is 337 g/mol. The van der Waals surface area contributed by atoms with Crippen molar-refractivity contribution in [2.75, 3.05) is 0 Å². The molecule has 0 radical (unpaired) electrons. The van der Waals surface area contributed by atoms with Crippen LogP contribution in [0.15, 0.2) is 22.4 Å². The van der Waals surface area contributed by atoms with Gasteiger partial charge in [0.05, 0.1) is 0 Å². The maximum absolute atomic E-state index is 12.6. The lowest BCUT2D eigenvalue weighted by Crippen LogP contribution is -1.89. The van der Waals surface area contributed by atoms with E-state index in [4.69, 9.17) is 0 Å². The Morgan fingerprint density at radius 1 is 1.43 bits per heavy atom. The smallest absolute Gasteiger partial charge is 0.205 e. The number of alkyl halides is 2. The highest BCUT2D eigenvalue weighted by Crippen LogP contribution is 2.37. The minimum Gasteiger partial charge on any atom is -0.205 e. The topological polar surface area (TPSA) is 0 Å². The number of thiophene rings is 1. The lowest BCUT2D eigenvalue weighted by Gasteiger charge is -2.06. The third-order valence-corrected chi connectivity index (χ3v) is 4.75. The molecular formula is C9H5F2IS2. The van der Waals surface area contributed by atoms with Crippen molar-refractivity contribution in [3.05, 3.63) is 26.6 Å². The van der Waals surface area contributed by atoms with E-state index in [0.717, 1.165) is 10.1 Å². The van der Waals surface area contributed by atoms with Gasteiger partial charge in [0.1, 0.15) is 0 Å². The second kappa shape index (κ2) is 3.94. The molecule has 0 aliphatic rings. The first kappa shape index (κ1) is 10.6. The average molecular weight is 342 g/mol. The maximum atomic E-state index is 12.6. The molecule has 1 aromatic carbocycles. The highest BCUT2D eigenvalue weighted by atomic mass is 127. The molecule has 0 aliphatic carbocycles. The summed E-state index contributed by atoms with van der Waals surface area (Å²) in [7, 11) is 0. The Morgan fingerprint density at radius 2 is 2.14 bits per heavy atom. The van der Waals surface area contributed by atoms with Gasteiger partial charge >= 0.3 is 0 Å². The summed E-state index contributed by atoms with van der Waals surface area (Å²) in [4.78, 5) is 0.622. The molecule has 0 fully saturated rings. The van der Waals surface area contributed by atoms with Crippen molar-refractivity contribution in [2.24, 2.45) is 0 Å². The van der Waals surface area contributed by atoms with E-state index in [1.54, 1.807) is 0 Å². The molecule has 0 atom stereocenters.